The van der Waals surface area contributed by atoms with Gasteiger partial charge in [0.1, 0.15) is 0 Å². The van der Waals surface area contributed by atoms with Crippen molar-refractivity contribution in [1.29, 1.82) is 0 Å². The van der Waals surface area contributed by atoms with E-state index in [1.165, 1.54) is 27.4 Å². The Hall–Kier alpha value is -3.48. The van der Waals surface area contributed by atoms with Crippen LogP contribution >= 0.6 is 0 Å². The van der Waals surface area contributed by atoms with Crippen molar-refractivity contribution >= 4 is 29.3 Å². The van der Waals surface area contributed by atoms with Gasteiger partial charge >= 0.3 is 0 Å². The molecule has 2 aromatic rings. The zero-order chi connectivity index (χ0) is 21.5. The van der Waals surface area contributed by atoms with E-state index in [0.717, 1.165) is 24.1 Å². The van der Waals surface area contributed by atoms with Gasteiger partial charge < -0.3 is 24.4 Å². The first-order valence-electron chi connectivity index (χ1n) is 9.75. The molecule has 0 spiro atoms. The van der Waals surface area contributed by atoms with Gasteiger partial charge in [0.2, 0.25) is 17.6 Å². The van der Waals surface area contributed by atoms with E-state index in [4.69, 9.17) is 14.2 Å². The maximum atomic E-state index is 12.4. The van der Waals surface area contributed by atoms with Crippen LogP contribution in [0.5, 0.6) is 17.2 Å². The molecule has 0 radical (unpaired) electrons. The van der Waals surface area contributed by atoms with Crippen LogP contribution in [0.15, 0.2) is 42.5 Å². The summed E-state index contributed by atoms with van der Waals surface area (Å²) >= 11 is 0. The minimum absolute atomic E-state index is 0.118. The molecule has 1 fully saturated rings. The number of rotatable bonds is 7. The SMILES string of the molecule is COc1cc(/C=C/C(=O)Nc2cccc(N3CCCCC3=O)c2)cc(OC)c1OC. The molecular formula is C23H26N2O5. The summed E-state index contributed by atoms with van der Waals surface area (Å²) in [7, 11) is 4.62. The highest BCUT2D eigenvalue weighted by Gasteiger charge is 2.19. The Bertz CT molecular complexity index is 929. The third-order valence-corrected chi connectivity index (χ3v) is 4.86. The molecule has 30 heavy (non-hydrogen) atoms. The molecule has 0 unspecified atom stereocenters. The molecule has 7 heteroatoms. The molecule has 1 aliphatic rings. The van der Waals surface area contributed by atoms with E-state index >= 15 is 0 Å². The number of piperidine rings is 1. The van der Waals surface area contributed by atoms with Crippen LogP contribution in [0.25, 0.3) is 6.08 Å². The molecule has 0 aromatic heterocycles. The van der Waals surface area contributed by atoms with Gasteiger partial charge in [-0.25, -0.2) is 0 Å². The van der Waals surface area contributed by atoms with Gasteiger partial charge in [0, 0.05) is 30.4 Å². The van der Waals surface area contributed by atoms with Crippen LogP contribution in [0, 0.1) is 0 Å². The van der Waals surface area contributed by atoms with Crippen LogP contribution in [0.1, 0.15) is 24.8 Å². The van der Waals surface area contributed by atoms with Gasteiger partial charge in [-0.15, -0.1) is 0 Å². The van der Waals surface area contributed by atoms with E-state index in [1.54, 1.807) is 29.2 Å². The topological polar surface area (TPSA) is 77.1 Å². The molecule has 0 atom stereocenters. The number of carbonyl (C=O) groups excluding carboxylic acids is 2. The summed E-state index contributed by atoms with van der Waals surface area (Å²) in [5, 5.41) is 2.84. The van der Waals surface area contributed by atoms with E-state index in [-0.39, 0.29) is 11.8 Å². The predicted octanol–water partition coefficient (Wildman–Crippen LogP) is 3.88. The molecule has 3 rings (SSSR count). The monoisotopic (exact) mass is 410 g/mol. The average molecular weight is 410 g/mol. The number of ether oxygens (including phenoxy) is 3. The second-order valence-electron chi connectivity index (χ2n) is 6.83. The van der Waals surface area contributed by atoms with Crippen LogP contribution in [-0.2, 0) is 9.59 Å². The Kier molecular flexibility index (Phi) is 6.95. The summed E-state index contributed by atoms with van der Waals surface area (Å²) < 4.78 is 16.0. The first-order chi connectivity index (χ1) is 14.5. The zero-order valence-electron chi connectivity index (χ0n) is 17.4. The van der Waals surface area contributed by atoms with Gasteiger partial charge in [0.05, 0.1) is 21.3 Å². The van der Waals surface area contributed by atoms with E-state index < -0.39 is 0 Å². The minimum atomic E-state index is -0.286. The maximum Gasteiger partial charge on any atom is 0.248 e. The minimum Gasteiger partial charge on any atom is -0.493 e. The summed E-state index contributed by atoms with van der Waals surface area (Å²) in [5.41, 5.74) is 2.16. The lowest BCUT2D eigenvalue weighted by Gasteiger charge is -2.27. The van der Waals surface area contributed by atoms with Crippen molar-refractivity contribution < 1.29 is 23.8 Å². The fourth-order valence-electron chi connectivity index (χ4n) is 3.38. The second-order valence-corrected chi connectivity index (χ2v) is 6.83. The largest absolute Gasteiger partial charge is 0.493 e. The van der Waals surface area contributed by atoms with Crippen molar-refractivity contribution in [3.8, 4) is 17.2 Å². The Morgan fingerprint density at radius 1 is 1.03 bits per heavy atom. The number of anilines is 2. The van der Waals surface area contributed by atoms with Crippen LogP contribution in [0.3, 0.4) is 0 Å². The molecular weight excluding hydrogens is 384 g/mol. The van der Waals surface area contributed by atoms with E-state index in [1.807, 2.05) is 18.2 Å². The number of hydrogen-bond donors (Lipinski definition) is 1. The predicted molar refractivity (Wildman–Crippen MR) is 116 cm³/mol. The van der Waals surface area contributed by atoms with Gasteiger partial charge in [-0.2, -0.15) is 0 Å². The molecule has 158 valence electrons. The molecule has 2 aromatic carbocycles. The van der Waals surface area contributed by atoms with Gasteiger partial charge in [-0.1, -0.05) is 6.07 Å². The first kappa shape index (κ1) is 21.2. The molecule has 1 heterocycles. The molecule has 7 nitrogen and oxygen atoms in total. The van der Waals surface area contributed by atoms with E-state index in [2.05, 4.69) is 5.32 Å². The molecule has 1 aliphatic heterocycles. The molecule has 1 N–H and O–H groups in total. The van der Waals surface area contributed by atoms with Crippen molar-refractivity contribution in [2.75, 3.05) is 38.1 Å². The molecule has 0 bridgehead atoms. The Labute approximate surface area is 176 Å². The first-order valence-corrected chi connectivity index (χ1v) is 9.75. The third-order valence-electron chi connectivity index (χ3n) is 4.86. The van der Waals surface area contributed by atoms with Crippen LogP contribution < -0.4 is 24.4 Å². The Balaban J connectivity index is 1.72. The smallest absolute Gasteiger partial charge is 0.248 e. The summed E-state index contributed by atoms with van der Waals surface area (Å²) in [4.78, 5) is 26.3. The summed E-state index contributed by atoms with van der Waals surface area (Å²) in [5.74, 6) is 1.34. The molecule has 1 saturated heterocycles. The van der Waals surface area contributed by atoms with Crippen molar-refractivity contribution in [2.24, 2.45) is 0 Å². The second kappa shape index (κ2) is 9.82. The van der Waals surface area contributed by atoms with Crippen molar-refractivity contribution in [3.05, 3.63) is 48.0 Å². The van der Waals surface area contributed by atoms with E-state index in [9.17, 15) is 9.59 Å². The lowest BCUT2D eigenvalue weighted by Crippen LogP contribution is -2.35. The lowest BCUT2D eigenvalue weighted by molar-refractivity contribution is -0.119. The van der Waals surface area contributed by atoms with Crippen molar-refractivity contribution in [3.63, 3.8) is 0 Å². The number of benzene rings is 2. The number of amides is 2. The zero-order valence-corrected chi connectivity index (χ0v) is 17.4. The number of methoxy groups -OCH3 is 3. The highest BCUT2D eigenvalue weighted by molar-refractivity contribution is 6.02. The average Bonchev–Trinajstić information content (AvgIpc) is 2.77. The van der Waals surface area contributed by atoms with E-state index in [0.29, 0.717) is 35.9 Å². The normalized spacial score (nSPS) is 14.0. The number of carbonyl (C=O) groups is 2. The highest BCUT2D eigenvalue weighted by atomic mass is 16.5. The standard InChI is InChI=1S/C23H26N2O5/c1-28-19-13-16(14-20(29-2)23(19)30-3)10-11-21(26)24-17-7-6-8-18(15-17)25-12-5-4-9-22(25)27/h6-8,10-11,13-15H,4-5,9,12H2,1-3H3,(H,24,26)/b11-10+. The summed E-state index contributed by atoms with van der Waals surface area (Å²) in [6.07, 6.45) is 5.57. The number of hydrogen-bond acceptors (Lipinski definition) is 5. The van der Waals surface area contributed by atoms with Crippen molar-refractivity contribution in [2.45, 2.75) is 19.3 Å². The Morgan fingerprint density at radius 2 is 1.77 bits per heavy atom. The summed E-state index contributed by atoms with van der Waals surface area (Å²) in [6, 6.07) is 10.8. The van der Waals surface area contributed by atoms with Gasteiger partial charge in [0.25, 0.3) is 0 Å². The lowest BCUT2D eigenvalue weighted by atomic mass is 10.1. The quantitative estimate of drug-likeness (QED) is 0.701. The fraction of sp³-hybridized carbons (Fsp3) is 0.304. The van der Waals surface area contributed by atoms with Gasteiger partial charge in [-0.3, -0.25) is 9.59 Å². The highest BCUT2D eigenvalue weighted by Crippen LogP contribution is 2.38. The number of nitrogens with zero attached hydrogens (tertiary/aromatic N) is 1. The van der Waals surface area contributed by atoms with Gasteiger partial charge in [0.15, 0.2) is 11.5 Å². The van der Waals surface area contributed by atoms with Crippen LogP contribution in [-0.4, -0.2) is 39.7 Å². The van der Waals surface area contributed by atoms with Crippen LogP contribution in [0.4, 0.5) is 11.4 Å². The number of nitrogens with one attached hydrogen (secondary N) is 1. The molecule has 2 amide bonds. The van der Waals surface area contributed by atoms with Crippen LogP contribution in [0.2, 0.25) is 0 Å². The van der Waals surface area contributed by atoms with Crippen molar-refractivity contribution in [1.82, 2.24) is 0 Å². The maximum absolute atomic E-state index is 12.4. The Morgan fingerprint density at radius 3 is 2.40 bits per heavy atom. The molecule has 0 saturated carbocycles. The molecule has 0 aliphatic carbocycles. The fourth-order valence-corrected chi connectivity index (χ4v) is 3.38. The summed E-state index contributed by atoms with van der Waals surface area (Å²) in [6.45, 7) is 0.706. The third kappa shape index (κ3) is 4.92. The van der Waals surface area contributed by atoms with Gasteiger partial charge in [-0.05, 0) is 54.8 Å².